The van der Waals surface area contributed by atoms with Crippen LogP contribution in [0.2, 0.25) is 18.1 Å². The van der Waals surface area contributed by atoms with Crippen LogP contribution in [0.5, 0.6) is 5.75 Å². The van der Waals surface area contributed by atoms with Crippen LogP contribution in [0.1, 0.15) is 50.8 Å². The van der Waals surface area contributed by atoms with Crippen molar-refractivity contribution in [2.75, 3.05) is 0 Å². The van der Waals surface area contributed by atoms with Crippen molar-refractivity contribution in [2.45, 2.75) is 71.0 Å². The van der Waals surface area contributed by atoms with Crippen LogP contribution >= 0.6 is 0 Å². The Hall–Kier alpha value is -2.97. The summed E-state index contributed by atoms with van der Waals surface area (Å²) in [6.45, 7) is 13.1. The molecule has 0 spiro atoms. The number of phenols is 1. The molecule has 2 aliphatic heterocycles. The fourth-order valence-electron chi connectivity index (χ4n) is 4.96. The van der Waals surface area contributed by atoms with Gasteiger partial charge in [-0.15, -0.1) is 0 Å². The van der Waals surface area contributed by atoms with Crippen LogP contribution in [0.25, 0.3) is 22.3 Å². The molecule has 0 fully saturated rings. The first-order chi connectivity index (χ1) is 15.8. The number of aromatic nitrogens is 2. The van der Waals surface area contributed by atoms with Gasteiger partial charge in [0, 0.05) is 16.5 Å². The monoisotopic (exact) mass is 478 g/mol. The quantitative estimate of drug-likeness (QED) is 0.338. The highest BCUT2D eigenvalue weighted by Crippen LogP contribution is 2.41. The Kier molecular flexibility index (Phi) is 4.71. The van der Waals surface area contributed by atoms with Gasteiger partial charge >= 0.3 is 5.97 Å². The van der Waals surface area contributed by atoms with E-state index in [9.17, 15) is 19.8 Å². The molecule has 5 rings (SSSR count). The molecule has 2 N–H and O–H groups in total. The third kappa shape index (κ3) is 2.88. The molecule has 34 heavy (non-hydrogen) atoms. The number of benzene rings is 1. The number of carbonyl (C=O) groups excluding carboxylic acids is 1. The molecular weight excluding hydrogens is 448 g/mol. The van der Waals surface area contributed by atoms with Crippen LogP contribution in [0.3, 0.4) is 0 Å². The number of esters is 1. The smallest absolute Gasteiger partial charge is 0.343 e. The summed E-state index contributed by atoms with van der Waals surface area (Å²) in [5, 5.41) is 23.6. The molecule has 0 aliphatic carbocycles. The van der Waals surface area contributed by atoms with Crippen molar-refractivity contribution >= 4 is 30.1 Å². The Bertz CT molecular complexity index is 1450. The van der Waals surface area contributed by atoms with E-state index in [0.29, 0.717) is 34.4 Å². The van der Waals surface area contributed by atoms with Crippen molar-refractivity contribution in [3.8, 4) is 17.1 Å². The third-order valence-corrected chi connectivity index (χ3v) is 13.7. The third-order valence-electron chi connectivity index (χ3n) is 8.20. The van der Waals surface area contributed by atoms with Crippen molar-refractivity contribution in [3.63, 3.8) is 0 Å². The van der Waals surface area contributed by atoms with Gasteiger partial charge in [-0.2, -0.15) is 0 Å². The minimum absolute atomic E-state index is 0.0590. The minimum atomic E-state index is -2.01. The molecule has 4 heterocycles. The van der Waals surface area contributed by atoms with Gasteiger partial charge in [0.25, 0.3) is 5.56 Å². The number of nitrogens with zero attached hydrogens (tertiary/aromatic N) is 2. The molecule has 1 unspecified atom stereocenters. The first-order valence-electron chi connectivity index (χ1n) is 11.6. The highest BCUT2D eigenvalue weighted by Gasteiger charge is 2.45. The van der Waals surface area contributed by atoms with Crippen molar-refractivity contribution in [1.82, 2.24) is 9.55 Å². The number of ether oxygens (including phenoxy) is 1. The second-order valence-corrected chi connectivity index (χ2v) is 16.3. The molecule has 8 heteroatoms. The predicted octanol–water partition coefficient (Wildman–Crippen LogP) is 3.50. The number of carbonyl (C=O) groups is 1. The average Bonchev–Trinajstić information content (AvgIpc) is 3.13. The van der Waals surface area contributed by atoms with Gasteiger partial charge in [-0.25, -0.2) is 9.78 Å². The SMILES string of the molecule is CCC1(O)C(=O)OCc2c1cc1n(c2=O)Cc2cc3c(O)ccc([Si](C)(C)C(C)(C)C)c3nc2-1. The maximum Gasteiger partial charge on any atom is 0.343 e. The van der Waals surface area contributed by atoms with Gasteiger partial charge in [-0.1, -0.05) is 46.9 Å². The van der Waals surface area contributed by atoms with E-state index in [2.05, 4.69) is 33.9 Å². The lowest BCUT2D eigenvalue weighted by Gasteiger charge is -2.37. The molecule has 0 saturated carbocycles. The van der Waals surface area contributed by atoms with E-state index in [-0.39, 0.29) is 29.4 Å². The Morgan fingerprint density at radius 2 is 1.91 bits per heavy atom. The molecule has 0 bridgehead atoms. The Labute approximate surface area is 199 Å². The minimum Gasteiger partial charge on any atom is -0.507 e. The first kappa shape index (κ1) is 22.8. The van der Waals surface area contributed by atoms with Crippen molar-refractivity contribution in [2.24, 2.45) is 0 Å². The Balaban J connectivity index is 1.81. The number of hydrogen-bond acceptors (Lipinski definition) is 6. The summed E-state index contributed by atoms with van der Waals surface area (Å²) in [7, 11) is -2.01. The van der Waals surface area contributed by atoms with Gasteiger partial charge < -0.3 is 19.5 Å². The standard InChI is InChI=1S/C26H30N2O5Si/c1-7-26(32)17-11-18-21-14(12-28(18)23(30)16(17)13-33-24(26)31)10-15-19(29)8-9-20(22(15)27-21)34(5,6)25(2,3)4/h8-11,29,32H,7,12-13H2,1-6H3. The van der Waals surface area contributed by atoms with Crippen LogP contribution in [-0.4, -0.2) is 33.8 Å². The van der Waals surface area contributed by atoms with E-state index in [1.165, 1.54) is 0 Å². The Morgan fingerprint density at radius 3 is 2.56 bits per heavy atom. The number of cyclic esters (lactones) is 1. The molecule has 2 aliphatic rings. The van der Waals surface area contributed by atoms with Gasteiger partial charge in [0.05, 0.1) is 37.1 Å². The number of pyridine rings is 2. The van der Waals surface area contributed by atoms with Gasteiger partial charge in [0.2, 0.25) is 0 Å². The summed E-state index contributed by atoms with van der Waals surface area (Å²) in [5.41, 5.74) is 1.25. The van der Waals surface area contributed by atoms with E-state index in [4.69, 9.17) is 9.72 Å². The number of rotatable bonds is 2. The lowest BCUT2D eigenvalue weighted by molar-refractivity contribution is -0.172. The summed E-state index contributed by atoms with van der Waals surface area (Å²) in [6, 6.07) is 7.36. The van der Waals surface area contributed by atoms with E-state index in [1.807, 2.05) is 12.1 Å². The summed E-state index contributed by atoms with van der Waals surface area (Å²) in [6.07, 6.45) is 0.100. The number of aliphatic hydroxyl groups is 1. The highest BCUT2D eigenvalue weighted by molar-refractivity contribution is 6.93. The second-order valence-electron chi connectivity index (χ2n) is 11.0. The van der Waals surface area contributed by atoms with E-state index >= 15 is 0 Å². The van der Waals surface area contributed by atoms with Crippen LogP contribution in [-0.2, 0) is 28.3 Å². The first-order valence-corrected chi connectivity index (χ1v) is 14.6. The summed E-state index contributed by atoms with van der Waals surface area (Å²) < 4.78 is 6.76. The zero-order valence-electron chi connectivity index (χ0n) is 20.4. The van der Waals surface area contributed by atoms with Crippen molar-refractivity contribution < 1.29 is 19.7 Å². The van der Waals surface area contributed by atoms with Crippen LogP contribution in [0, 0.1) is 0 Å². The molecule has 178 valence electrons. The lowest BCUT2D eigenvalue weighted by atomic mass is 9.86. The maximum absolute atomic E-state index is 13.4. The fourth-order valence-corrected chi connectivity index (χ4v) is 7.05. The number of fused-ring (bicyclic) bond motifs is 5. The molecule has 7 nitrogen and oxygen atoms in total. The van der Waals surface area contributed by atoms with E-state index in [0.717, 1.165) is 16.3 Å². The molecule has 0 saturated heterocycles. The molecule has 0 amide bonds. The largest absolute Gasteiger partial charge is 0.507 e. The normalized spacial score (nSPS) is 19.6. The van der Waals surface area contributed by atoms with Crippen molar-refractivity contribution in [3.05, 3.63) is 51.3 Å². The number of hydrogen-bond donors (Lipinski definition) is 2. The predicted molar refractivity (Wildman–Crippen MR) is 133 cm³/mol. The molecular formula is C26H30N2O5Si. The van der Waals surface area contributed by atoms with Crippen LogP contribution in [0.15, 0.2) is 29.1 Å². The van der Waals surface area contributed by atoms with Crippen molar-refractivity contribution in [1.29, 1.82) is 0 Å². The molecule has 1 aromatic carbocycles. The number of aromatic hydroxyl groups is 1. The molecule has 2 aromatic heterocycles. The molecule has 0 radical (unpaired) electrons. The number of phenolic OH excluding ortho intramolecular Hbond substituents is 1. The fraction of sp³-hybridized carbons (Fsp3) is 0.423. The highest BCUT2D eigenvalue weighted by atomic mass is 28.3. The van der Waals surface area contributed by atoms with Gasteiger partial charge in [-0.3, -0.25) is 4.79 Å². The second kappa shape index (κ2) is 7.02. The van der Waals surface area contributed by atoms with Gasteiger partial charge in [0.1, 0.15) is 12.4 Å². The van der Waals surface area contributed by atoms with Gasteiger partial charge in [-0.05, 0) is 34.8 Å². The summed E-state index contributed by atoms with van der Waals surface area (Å²) in [4.78, 5) is 30.8. The topological polar surface area (TPSA) is 102 Å². The zero-order valence-corrected chi connectivity index (χ0v) is 21.4. The van der Waals surface area contributed by atoms with E-state index < -0.39 is 19.6 Å². The Morgan fingerprint density at radius 1 is 1.21 bits per heavy atom. The zero-order chi connectivity index (χ0) is 24.8. The van der Waals surface area contributed by atoms with E-state index in [1.54, 1.807) is 23.6 Å². The molecule has 1 atom stereocenters. The maximum atomic E-state index is 13.4. The average molecular weight is 479 g/mol. The molecule has 3 aromatic rings. The lowest BCUT2D eigenvalue weighted by Crippen LogP contribution is -2.49. The van der Waals surface area contributed by atoms with Crippen LogP contribution < -0.4 is 10.7 Å². The summed E-state index contributed by atoms with van der Waals surface area (Å²) >= 11 is 0. The van der Waals surface area contributed by atoms with Gasteiger partial charge in [0.15, 0.2) is 5.60 Å². The summed E-state index contributed by atoms with van der Waals surface area (Å²) in [5.74, 6) is -0.573. The van der Waals surface area contributed by atoms with Crippen LogP contribution in [0.4, 0.5) is 0 Å².